The molecule has 1 heterocycles. The van der Waals surface area contributed by atoms with Gasteiger partial charge in [0.05, 0.1) is 27.5 Å². The van der Waals surface area contributed by atoms with Gasteiger partial charge < -0.3 is 4.74 Å². The van der Waals surface area contributed by atoms with Crippen molar-refractivity contribution in [2.45, 2.75) is 23.7 Å². The maximum atomic E-state index is 14.5. The van der Waals surface area contributed by atoms with E-state index in [0.29, 0.717) is 0 Å². The van der Waals surface area contributed by atoms with Gasteiger partial charge >= 0.3 is 0 Å². The minimum Gasteiger partial charge on any atom is -0.484 e. The lowest BCUT2D eigenvalue weighted by Crippen LogP contribution is -2.11. The van der Waals surface area contributed by atoms with Crippen molar-refractivity contribution in [3.8, 4) is 5.75 Å². The van der Waals surface area contributed by atoms with E-state index >= 15 is 0 Å². The molecule has 0 radical (unpaired) electrons. The third-order valence-corrected chi connectivity index (χ3v) is 6.44. The van der Waals surface area contributed by atoms with Crippen LogP contribution >= 0.6 is 22.9 Å². The lowest BCUT2D eigenvalue weighted by molar-refractivity contribution is 0.214. The van der Waals surface area contributed by atoms with Gasteiger partial charge in [0.2, 0.25) is 0 Å². The number of aromatic nitrogens is 1. The van der Waals surface area contributed by atoms with Crippen molar-refractivity contribution in [3.05, 3.63) is 75.0 Å². The van der Waals surface area contributed by atoms with Crippen LogP contribution in [0, 0.1) is 17.5 Å². The molecule has 3 aromatic rings. The second-order valence-electron chi connectivity index (χ2n) is 5.85. The first kappa shape index (κ1) is 20.6. The largest absolute Gasteiger partial charge is 0.484 e. The number of hydrogen-bond donors (Lipinski definition) is 0. The molecule has 3 rings (SSSR count). The molecule has 0 fully saturated rings. The number of hydrogen-bond acceptors (Lipinski definition) is 5. The summed E-state index contributed by atoms with van der Waals surface area (Å²) < 4.78 is 72.5. The summed E-state index contributed by atoms with van der Waals surface area (Å²) in [5.74, 6) is -3.46. The smallest absolute Gasteiger partial charge is 0.187 e. The van der Waals surface area contributed by atoms with Gasteiger partial charge in [-0.3, -0.25) is 0 Å². The van der Waals surface area contributed by atoms with Crippen molar-refractivity contribution < 1.29 is 26.3 Å². The standard InChI is InChI=1S/C18H13ClF3NO3S2/c1-10(18-13(20)3-2-4-14(18)21)26-16-6-15(22)17(5-12(16)19)28(24,25)8-11-7-27-9-23-11/h2-7,9-10H,8H2,1H3/t10-/m0/s1. The normalized spacial score (nSPS) is 12.8. The van der Waals surface area contributed by atoms with E-state index in [-0.39, 0.29) is 22.0 Å². The van der Waals surface area contributed by atoms with Crippen molar-refractivity contribution in [1.82, 2.24) is 4.98 Å². The van der Waals surface area contributed by atoms with E-state index in [2.05, 4.69) is 4.98 Å². The first-order valence-electron chi connectivity index (χ1n) is 7.88. The predicted molar refractivity (Wildman–Crippen MR) is 99.8 cm³/mol. The van der Waals surface area contributed by atoms with E-state index in [1.54, 1.807) is 5.38 Å². The van der Waals surface area contributed by atoms with Crippen LogP contribution in [0.1, 0.15) is 24.3 Å². The zero-order valence-corrected chi connectivity index (χ0v) is 16.7. The molecule has 0 unspecified atom stereocenters. The van der Waals surface area contributed by atoms with Crippen LogP contribution in [0.5, 0.6) is 5.75 Å². The summed E-state index contributed by atoms with van der Waals surface area (Å²) in [6.07, 6.45) is -1.13. The molecule has 0 aliphatic rings. The van der Waals surface area contributed by atoms with Crippen LogP contribution < -0.4 is 4.74 Å². The Hall–Kier alpha value is -2.10. The van der Waals surface area contributed by atoms with E-state index < -0.39 is 44.0 Å². The lowest BCUT2D eigenvalue weighted by Gasteiger charge is -2.18. The molecule has 4 nitrogen and oxygen atoms in total. The number of halogens is 4. The fourth-order valence-corrected chi connectivity index (χ4v) is 4.86. The Morgan fingerprint density at radius 1 is 1.18 bits per heavy atom. The van der Waals surface area contributed by atoms with Gasteiger partial charge in [0.1, 0.15) is 34.2 Å². The van der Waals surface area contributed by atoms with Gasteiger partial charge in [-0.2, -0.15) is 0 Å². The van der Waals surface area contributed by atoms with Crippen molar-refractivity contribution >= 4 is 32.8 Å². The van der Waals surface area contributed by atoms with Gasteiger partial charge in [0.15, 0.2) is 9.84 Å². The third-order valence-electron chi connectivity index (χ3n) is 3.85. The number of sulfone groups is 1. The zero-order chi connectivity index (χ0) is 20.5. The lowest BCUT2D eigenvalue weighted by atomic mass is 10.1. The highest BCUT2D eigenvalue weighted by Crippen LogP contribution is 2.35. The molecular formula is C18H13ClF3NO3S2. The van der Waals surface area contributed by atoms with Gasteiger partial charge in [-0.05, 0) is 25.1 Å². The SMILES string of the molecule is C[C@H](Oc1cc(F)c(S(=O)(=O)Cc2cscn2)cc1Cl)c1c(F)cccc1F. The van der Waals surface area contributed by atoms with E-state index in [1.807, 2.05) is 0 Å². The van der Waals surface area contributed by atoms with Crippen LogP contribution in [0.15, 0.2) is 46.1 Å². The molecular weight excluding hydrogens is 435 g/mol. The van der Waals surface area contributed by atoms with Crippen LogP contribution in [-0.4, -0.2) is 13.4 Å². The van der Waals surface area contributed by atoms with Gasteiger partial charge in [0.25, 0.3) is 0 Å². The molecule has 0 amide bonds. The Labute approximate surface area is 168 Å². The summed E-state index contributed by atoms with van der Waals surface area (Å²) in [7, 11) is -4.04. The van der Waals surface area contributed by atoms with Crippen LogP contribution in [0.2, 0.25) is 5.02 Å². The average molecular weight is 448 g/mol. The Morgan fingerprint density at radius 3 is 2.46 bits per heavy atom. The molecule has 10 heteroatoms. The van der Waals surface area contributed by atoms with Crippen molar-refractivity contribution in [3.63, 3.8) is 0 Å². The molecule has 0 N–H and O–H groups in total. The third kappa shape index (κ3) is 4.31. The van der Waals surface area contributed by atoms with Crippen molar-refractivity contribution in [1.29, 1.82) is 0 Å². The molecule has 0 aliphatic carbocycles. The van der Waals surface area contributed by atoms with E-state index in [1.165, 1.54) is 29.8 Å². The topological polar surface area (TPSA) is 56.3 Å². The monoisotopic (exact) mass is 447 g/mol. The molecule has 0 aliphatic heterocycles. The summed E-state index contributed by atoms with van der Waals surface area (Å²) in [5, 5.41) is 1.33. The molecule has 0 spiro atoms. The van der Waals surface area contributed by atoms with Gasteiger partial charge in [-0.1, -0.05) is 17.7 Å². The Balaban J connectivity index is 1.90. The quantitative estimate of drug-likeness (QED) is 0.512. The number of thiazole rings is 1. The molecule has 1 aromatic heterocycles. The number of ether oxygens (including phenoxy) is 1. The second kappa shape index (κ2) is 8.10. The van der Waals surface area contributed by atoms with Crippen molar-refractivity contribution in [2.75, 3.05) is 0 Å². The summed E-state index contributed by atoms with van der Waals surface area (Å²) >= 11 is 7.26. The number of benzene rings is 2. The van der Waals surface area contributed by atoms with Crippen LogP contribution in [0.25, 0.3) is 0 Å². The first-order valence-corrected chi connectivity index (χ1v) is 10.9. The minimum absolute atomic E-state index is 0.207. The fraction of sp³-hybridized carbons (Fsp3) is 0.167. The summed E-state index contributed by atoms with van der Waals surface area (Å²) in [5.41, 5.74) is 1.40. The molecule has 0 saturated carbocycles. The zero-order valence-electron chi connectivity index (χ0n) is 14.3. The second-order valence-corrected chi connectivity index (χ2v) is 8.93. The van der Waals surface area contributed by atoms with Crippen LogP contribution in [-0.2, 0) is 15.6 Å². The first-order chi connectivity index (χ1) is 13.2. The minimum atomic E-state index is -4.04. The Bertz CT molecular complexity index is 1090. The van der Waals surface area contributed by atoms with E-state index in [0.717, 1.165) is 24.3 Å². The fourth-order valence-electron chi connectivity index (χ4n) is 2.57. The summed E-state index contributed by atoms with van der Waals surface area (Å²) in [6.45, 7) is 1.36. The summed E-state index contributed by atoms with van der Waals surface area (Å²) in [6, 6.07) is 5.03. The van der Waals surface area contributed by atoms with E-state index in [4.69, 9.17) is 16.3 Å². The highest BCUT2D eigenvalue weighted by Gasteiger charge is 2.25. The van der Waals surface area contributed by atoms with Crippen LogP contribution in [0.3, 0.4) is 0 Å². The highest BCUT2D eigenvalue weighted by atomic mass is 35.5. The molecule has 28 heavy (non-hydrogen) atoms. The average Bonchev–Trinajstić information content (AvgIpc) is 3.09. The van der Waals surface area contributed by atoms with E-state index in [9.17, 15) is 21.6 Å². The maximum Gasteiger partial charge on any atom is 0.187 e. The van der Waals surface area contributed by atoms with Gasteiger partial charge in [-0.15, -0.1) is 11.3 Å². The Morgan fingerprint density at radius 2 is 1.86 bits per heavy atom. The molecule has 1 atom stereocenters. The molecule has 2 aromatic carbocycles. The van der Waals surface area contributed by atoms with Crippen LogP contribution in [0.4, 0.5) is 13.2 Å². The molecule has 148 valence electrons. The molecule has 0 saturated heterocycles. The van der Waals surface area contributed by atoms with Gasteiger partial charge in [-0.25, -0.2) is 26.6 Å². The Kier molecular flexibility index (Phi) is 5.97. The number of rotatable bonds is 6. The predicted octanol–water partition coefficient (Wildman–Crippen LogP) is 5.33. The summed E-state index contributed by atoms with van der Waals surface area (Å²) in [4.78, 5) is 3.27. The molecule has 0 bridgehead atoms. The number of nitrogens with zero attached hydrogens (tertiary/aromatic N) is 1. The highest BCUT2D eigenvalue weighted by molar-refractivity contribution is 7.90. The van der Waals surface area contributed by atoms with Gasteiger partial charge in [0, 0.05) is 11.4 Å². The van der Waals surface area contributed by atoms with Crippen molar-refractivity contribution in [2.24, 2.45) is 0 Å². The maximum absolute atomic E-state index is 14.5.